The standard InChI is InChI=1S/C31H27NO4S3/c1-5-36-29(34)26-25(19-12-8-6-9-13-19)38-30(39-26)24-22-17-16-21(35-4)18-23(22)32(31(2,3)27(24)37)28(33)20-14-10-7-11-15-20/h6-18H,5H2,1-4H3/b30-24+. The summed E-state index contributed by atoms with van der Waals surface area (Å²) >= 11 is 9.04. The van der Waals surface area contributed by atoms with Gasteiger partial charge < -0.3 is 9.47 Å². The van der Waals surface area contributed by atoms with E-state index in [1.165, 1.54) is 23.5 Å². The van der Waals surface area contributed by atoms with Crippen molar-refractivity contribution >= 4 is 68.6 Å². The van der Waals surface area contributed by atoms with Gasteiger partial charge in [0.15, 0.2) is 0 Å². The number of nitrogens with zero attached hydrogens (tertiary/aromatic N) is 1. The predicted octanol–water partition coefficient (Wildman–Crippen LogP) is 7.58. The number of carbonyl (C=O) groups is 2. The largest absolute Gasteiger partial charge is 0.497 e. The number of esters is 1. The van der Waals surface area contributed by atoms with E-state index in [1.807, 2.05) is 80.6 Å². The van der Waals surface area contributed by atoms with E-state index < -0.39 is 5.54 Å². The molecule has 3 aromatic carbocycles. The van der Waals surface area contributed by atoms with Crippen LogP contribution in [0, 0.1) is 0 Å². The van der Waals surface area contributed by atoms with E-state index >= 15 is 0 Å². The molecule has 0 unspecified atom stereocenters. The highest BCUT2D eigenvalue weighted by atomic mass is 32.2. The number of carbonyl (C=O) groups excluding carboxylic acids is 2. The van der Waals surface area contributed by atoms with Gasteiger partial charge in [0.1, 0.15) is 10.7 Å². The fourth-order valence-electron chi connectivity index (χ4n) is 4.65. The zero-order chi connectivity index (χ0) is 27.7. The molecule has 0 atom stereocenters. The third-order valence-electron chi connectivity index (χ3n) is 6.58. The summed E-state index contributed by atoms with van der Waals surface area (Å²) in [4.78, 5) is 30.7. The second kappa shape index (κ2) is 11.0. The topological polar surface area (TPSA) is 55.8 Å². The Morgan fingerprint density at radius 1 is 0.949 bits per heavy atom. The number of anilines is 1. The lowest BCUT2D eigenvalue weighted by atomic mass is 9.82. The van der Waals surface area contributed by atoms with Crippen LogP contribution in [0.3, 0.4) is 0 Å². The number of thiocarbonyl (C=S) groups is 1. The Morgan fingerprint density at radius 2 is 1.62 bits per heavy atom. The van der Waals surface area contributed by atoms with Crippen LogP contribution in [0.15, 0.2) is 88.0 Å². The molecule has 3 aromatic rings. The number of ether oxygens (including phenoxy) is 2. The van der Waals surface area contributed by atoms with Crippen LogP contribution in [0.5, 0.6) is 5.75 Å². The molecule has 2 aliphatic rings. The van der Waals surface area contributed by atoms with Gasteiger partial charge in [-0.25, -0.2) is 4.79 Å². The highest BCUT2D eigenvalue weighted by Gasteiger charge is 2.46. The van der Waals surface area contributed by atoms with Crippen LogP contribution in [0.25, 0.3) is 10.5 Å². The molecule has 198 valence electrons. The lowest BCUT2D eigenvalue weighted by Crippen LogP contribution is -2.56. The highest BCUT2D eigenvalue weighted by molar-refractivity contribution is 8.32. The van der Waals surface area contributed by atoms with Crippen molar-refractivity contribution in [1.82, 2.24) is 0 Å². The first-order valence-electron chi connectivity index (χ1n) is 12.5. The maximum Gasteiger partial charge on any atom is 0.346 e. The number of methoxy groups -OCH3 is 1. The van der Waals surface area contributed by atoms with E-state index in [4.69, 9.17) is 21.7 Å². The second-order valence-electron chi connectivity index (χ2n) is 9.39. The molecule has 0 aromatic heterocycles. The first-order chi connectivity index (χ1) is 18.8. The molecular formula is C31H27NO4S3. The lowest BCUT2D eigenvalue weighted by Gasteiger charge is -2.45. The zero-order valence-corrected chi connectivity index (χ0v) is 24.5. The minimum Gasteiger partial charge on any atom is -0.497 e. The Morgan fingerprint density at radius 3 is 2.26 bits per heavy atom. The molecule has 2 heterocycles. The molecule has 0 aliphatic carbocycles. The third kappa shape index (κ3) is 4.93. The summed E-state index contributed by atoms with van der Waals surface area (Å²) in [5.74, 6) is 0.124. The molecule has 0 N–H and O–H groups in total. The summed E-state index contributed by atoms with van der Waals surface area (Å²) in [7, 11) is 1.60. The van der Waals surface area contributed by atoms with Crippen molar-refractivity contribution < 1.29 is 19.1 Å². The molecule has 0 fully saturated rings. The van der Waals surface area contributed by atoms with Gasteiger partial charge in [0.2, 0.25) is 0 Å². The van der Waals surface area contributed by atoms with Crippen LogP contribution in [0.2, 0.25) is 0 Å². The van der Waals surface area contributed by atoms with Gasteiger partial charge in [-0.2, -0.15) is 0 Å². The molecule has 0 saturated heterocycles. The number of rotatable bonds is 5. The molecule has 0 spiro atoms. The van der Waals surface area contributed by atoms with Crippen LogP contribution in [0.1, 0.15) is 42.3 Å². The number of hydrogen-bond donors (Lipinski definition) is 0. The molecule has 0 radical (unpaired) electrons. The molecule has 2 aliphatic heterocycles. The number of amides is 1. The van der Waals surface area contributed by atoms with E-state index in [0.717, 1.165) is 25.8 Å². The van der Waals surface area contributed by atoms with Gasteiger partial charge in [-0.3, -0.25) is 9.69 Å². The van der Waals surface area contributed by atoms with Crippen molar-refractivity contribution in [2.75, 3.05) is 18.6 Å². The van der Waals surface area contributed by atoms with Crippen LogP contribution in [-0.4, -0.2) is 36.0 Å². The van der Waals surface area contributed by atoms with Crippen molar-refractivity contribution in [2.24, 2.45) is 0 Å². The van der Waals surface area contributed by atoms with Gasteiger partial charge >= 0.3 is 5.97 Å². The van der Waals surface area contributed by atoms with Crippen LogP contribution >= 0.6 is 35.7 Å². The van der Waals surface area contributed by atoms with Crippen molar-refractivity contribution in [2.45, 2.75) is 26.3 Å². The van der Waals surface area contributed by atoms with Crippen molar-refractivity contribution in [1.29, 1.82) is 0 Å². The first kappa shape index (κ1) is 27.2. The summed E-state index contributed by atoms with van der Waals surface area (Å²) in [5.41, 5.74) is 3.02. The minimum atomic E-state index is -0.843. The van der Waals surface area contributed by atoms with E-state index in [2.05, 4.69) is 0 Å². The van der Waals surface area contributed by atoms with Gasteiger partial charge in [-0.05, 0) is 50.6 Å². The normalized spacial score (nSPS) is 18.2. The Hall–Kier alpha value is -3.33. The van der Waals surface area contributed by atoms with Crippen molar-refractivity contribution in [3.63, 3.8) is 0 Å². The Labute approximate surface area is 242 Å². The monoisotopic (exact) mass is 573 g/mol. The molecule has 0 saturated carbocycles. The van der Waals surface area contributed by atoms with Gasteiger partial charge in [-0.15, -0.1) is 0 Å². The van der Waals surface area contributed by atoms with Gasteiger partial charge in [0, 0.05) is 27.7 Å². The van der Waals surface area contributed by atoms with Crippen molar-refractivity contribution in [3.8, 4) is 5.75 Å². The maximum absolute atomic E-state index is 13.9. The van der Waals surface area contributed by atoms with Crippen LogP contribution in [-0.2, 0) is 9.53 Å². The van der Waals surface area contributed by atoms with Crippen LogP contribution in [0.4, 0.5) is 5.69 Å². The van der Waals surface area contributed by atoms with E-state index in [9.17, 15) is 9.59 Å². The lowest BCUT2D eigenvalue weighted by molar-refractivity contribution is -0.137. The highest BCUT2D eigenvalue weighted by Crippen LogP contribution is 2.58. The van der Waals surface area contributed by atoms with E-state index in [0.29, 0.717) is 26.8 Å². The SMILES string of the molecule is CCOC(=O)C1=C(c2ccccc2)S/C(=C2\C(=S)C(C)(C)N(C(=O)c3ccccc3)c3cc(OC)ccc32)S1. The third-order valence-corrected chi connectivity index (χ3v) is 9.91. The molecular weight excluding hydrogens is 547 g/mol. The summed E-state index contributed by atoms with van der Waals surface area (Å²) < 4.78 is 11.9. The first-order valence-corrected chi connectivity index (χ1v) is 14.5. The van der Waals surface area contributed by atoms with Gasteiger partial charge in [0.25, 0.3) is 5.91 Å². The summed E-state index contributed by atoms with van der Waals surface area (Å²) in [6.45, 7) is 6.00. The van der Waals surface area contributed by atoms with Gasteiger partial charge in [0.05, 0.1) is 34.0 Å². The Kier molecular flexibility index (Phi) is 7.71. The fourth-order valence-corrected chi connectivity index (χ4v) is 7.78. The summed E-state index contributed by atoms with van der Waals surface area (Å²) in [6, 6.07) is 24.7. The predicted molar refractivity (Wildman–Crippen MR) is 165 cm³/mol. The average molecular weight is 574 g/mol. The second-order valence-corrected chi connectivity index (χ2v) is 12.1. The summed E-state index contributed by atoms with van der Waals surface area (Å²) in [6.07, 6.45) is 0. The molecule has 39 heavy (non-hydrogen) atoms. The number of hydrogen-bond acceptors (Lipinski definition) is 7. The average Bonchev–Trinajstić information content (AvgIpc) is 3.39. The van der Waals surface area contributed by atoms with E-state index in [-0.39, 0.29) is 18.5 Å². The fraction of sp³-hybridized carbons (Fsp3) is 0.194. The Bertz CT molecular complexity index is 1530. The van der Waals surface area contributed by atoms with Crippen molar-refractivity contribution in [3.05, 3.63) is 105 Å². The molecule has 0 bridgehead atoms. The maximum atomic E-state index is 13.9. The number of fused-ring (bicyclic) bond motifs is 1. The zero-order valence-electron chi connectivity index (χ0n) is 22.0. The van der Waals surface area contributed by atoms with E-state index in [1.54, 1.807) is 31.1 Å². The molecule has 5 nitrogen and oxygen atoms in total. The van der Waals surface area contributed by atoms with Gasteiger partial charge in [-0.1, -0.05) is 84.3 Å². The quantitative estimate of drug-likeness (QED) is 0.177. The smallest absolute Gasteiger partial charge is 0.346 e. The molecule has 5 rings (SSSR count). The number of benzene rings is 3. The molecule has 1 amide bonds. The Balaban J connectivity index is 1.69. The minimum absolute atomic E-state index is 0.149. The molecule has 8 heteroatoms. The van der Waals surface area contributed by atoms with Crippen LogP contribution < -0.4 is 9.64 Å². The summed E-state index contributed by atoms with van der Waals surface area (Å²) in [5, 5.41) is 0. The number of thioether (sulfide) groups is 2.